The lowest BCUT2D eigenvalue weighted by Crippen LogP contribution is -2.30. The Kier molecular flexibility index (Phi) is 4.73. The first-order valence-corrected chi connectivity index (χ1v) is 10.6. The Labute approximate surface area is 162 Å². The highest BCUT2D eigenvalue weighted by atomic mass is 32.1. The van der Waals surface area contributed by atoms with Crippen LogP contribution in [-0.4, -0.2) is 34.1 Å². The lowest BCUT2D eigenvalue weighted by molar-refractivity contribution is 0.511. The number of rotatable bonds is 6. The van der Waals surface area contributed by atoms with Crippen LogP contribution < -0.4 is 16.2 Å². The van der Waals surface area contributed by atoms with E-state index < -0.39 is 0 Å². The molecule has 1 aliphatic carbocycles. The number of nitrogens with zero attached hydrogens (tertiary/aromatic N) is 3. The minimum Gasteiger partial charge on any atom is -0.369 e. The molecule has 0 aromatic carbocycles. The standard InChI is InChI=1S/C20H24N6S/c1-6-15-16(7-1)27-20-17(15)19(22-10-3-5-14-8-11-23-26-14)24-18(25-20)13-4-2-9-21-12-13/h2,4,9,12,14,23,26H,1,3,5-8,10-11H2,(H,22,24,25). The van der Waals surface area contributed by atoms with Gasteiger partial charge in [-0.1, -0.05) is 0 Å². The Hall–Kier alpha value is -2.09. The van der Waals surface area contributed by atoms with Crippen molar-refractivity contribution in [1.82, 2.24) is 25.8 Å². The fourth-order valence-corrected chi connectivity index (χ4v) is 5.32. The topological polar surface area (TPSA) is 74.8 Å². The number of fused-ring (bicyclic) bond motifs is 3. The Balaban J connectivity index is 1.43. The third kappa shape index (κ3) is 3.42. The van der Waals surface area contributed by atoms with Gasteiger partial charge in [0.05, 0.1) is 5.39 Å². The molecule has 1 aliphatic heterocycles. The van der Waals surface area contributed by atoms with E-state index in [-0.39, 0.29) is 0 Å². The highest BCUT2D eigenvalue weighted by Crippen LogP contribution is 2.40. The maximum atomic E-state index is 4.91. The van der Waals surface area contributed by atoms with E-state index in [9.17, 15) is 0 Å². The molecule has 3 aromatic rings. The van der Waals surface area contributed by atoms with E-state index in [1.807, 2.05) is 29.7 Å². The molecule has 4 heterocycles. The Morgan fingerprint density at radius 3 is 3.11 bits per heavy atom. The summed E-state index contributed by atoms with van der Waals surface area (Å²) >= 11 is 1.84. The van der Waals surface area contributed by atoms with Crippen molar-refractivity contribution in [2.75, 3.05) is 18.4 Å². The average Bonchev–Trinajstić information content (AvgIpc) is 3.43. The molecule has 27 heavy (non-hydrogen) atoms. The van der Waals surface area contributed by atoms with E-state index >= 15 is 0 Å². The fraction of sp³-hybridized carbons (Fsp3) is 0.450. The van der Waals surface area contributed by atoms with Gasteiger partial charge in [0.2, 0.25) is 0 Å². The van der Waals surface area contributed by atoms with Gasteiger partial charge in [-0.05, 0) is 56.2 Å². The molecule has 3 aromatic heterocycles. The first-order valence-electron chi connectivity index (χ1n) is 9.83. The van der Waals surface area contributed by atoms with Crippen LogP contribution in [0.25, 0.3) is 21.6 Å². The maximum absolute atomic E-state index is 4.91. The van der Waals surface area contributed by atoms with Crippen molar-refractivity contribution in [2.24, 2.45) is 0 Å². The summed E-state index contributed by atoms with van der Waals surface area (Å²) in [5, 5.41) is 4.88. The number of thiophene rings is 1. The van der Waals surface area contributed by atoms with Crippen molar-refractivity contribution in [1.29, 1.82) is 0 Å². The highest BCUT2D eigenvalue weighted by molar-refractivity contribution is 7.19. The summed E-state index contributed by atoms with van der Waals surface area (Å²) in [6, 6.07) is 4.55. The van der Waals surface area contributed by atoms with Gasteiger partial charge in [-0.2, -0.15) is 0 Å². The van der Waals surface area contributed by atoms with Crippen LogP contribution in [0.5, 0.6) is 0 Å². The van der Waals surface area contributed by atoms with Crippen LogP contribution >= 0.6 is 11.3 Å². The lowest BCUT2D eigenvalue weighted by Gasteiger charge is -2.12. The van der Waals surface area contributed by atoms with Crippen molar-refractivity contribution in [3.05, 3.63) is 35.0 Å². The van der Waals surface area contributed by atoms with Gasteiger partial charge in [-0.15, -0.1) is 11.3 Å². The van der Waals surface area contributed by atoms with E-state index in [2.05, 4.69) is 21.2 Å². The largest absolute Gasteiger partial charge is 0.369 e. The molecule has 0 amide bonds. The number of hydrazine groups is 1. The minimum absolute atomic E-state index is 0.591. The maximum Gasteiger partial charge on any atom is 0.164 e. The predicted molar refractivity (Wildman–Crippen MR) is 110 cm³/mol. The summed E-state index contributed by atoms with van der Waals surface area (Å²) in [6.45, 7) is 2.00. The van der Waals surface area contributed by atoms with Crippen molar-refractivity contribution < 1.29 is 0 Å². The van der Waals surface area contributed by atoms with Gasteiger partial charge < -0.3 is 5.32 Å². The number of aryl methyl sites for hydroxylation is 2. The van der Waals surface area contributed by atoms with E-state index in [1.54, 1.807) is 6.20 Å². The van der Waals surface area contributed by atoms with Crippen molar-refractivity contribution >= 4 is 27.4 Å². The molecule has 5 rings (SSSR count). The van der Waals surface area contributed by atoms with Gasteiger partial charge in [0, 0.05) is 42.0 Å². The van der Waals surface area contributed by atoms with E-state index in [1.165, 1.54) is 41.5 Å². The summed E-state index contributed by atoms with van der Waals surface area (Å²) < 4.78 is 0. The Bertz CT molecular complexity index is 933. The van der Waals surface area contributed by atoms with Crippen LogP contribution in [0.3, 0.4) is 0 Å². The van der Waals surface area contributed by atoms with E-state index in [0.717, 1.165) is 48.0 Å². The molecule has 1 saturated heterocycles. The number of hydrogen-bond acceptors (Lipinski definition) is 7. The van der Waals surface area contributed by atoms with Crippen LogP contribution in [0.1, 0.15) is 36.1 Å². The molecule has 6 nitrogen and oxygen atoms in total. The molecule has 0 saturated carbocycles. The summed E-state index contributed by atoms with van der Waals surface area (Å²) in [5.41, 5.74) is 8.99. The van der Waals surface area contributed by atoms with Crippen molar-refractivity contribution in [3.63, 3.8) is 0 Å². The molecule has 0 radical (unpaired) electrons. The summed E-state index contributed by atoms with van der Waals surface area (Å²) in [5.74, 6) is 1.76. The van der Waals surface area contributed by atoms with Crippen LogP contribution in [0.2, 0.25) is 0 Å². The highest BCUT2D eigenvalue weighted by Gasteiger charge is 2.22. The zero-order valence-corrected chi connectivity index (χ0v) is 16.1. The van der Waals surface area contributed by atoms with E-state index in [4.69, 9.17) is 9.97 Å². The van der Waals surface area contributed by atoms with Gasteiger partial charge in [-0.25, -0.2) is 9.97 Å². The molecule has 1 fully saturated rings. The molecule has 7 heteroatoms. The molecule has 2 aliphatic rings. The van der Waals surface area contributed by atoms with Crippen LogP contribution in [0.4, 0.5) is 5.82 Å². The second-order valence-electron chi connectivity index (χ2n) is 7.30. The van der Waals surface area contributed by atoms with Crippen molar-refractivity contribution in [3.8, 4) is 11.4 Å². The second-order valence-corrected chi connectivity index (χ2v) is 8.38. The van der Waals surface area contributed by atoms with Crippen LogP contribution in [0.15, 0.2) is 24.5 Å². The lowest BCUT2D eigenvalue weighted by atomic mass is 10.1. The zero-order valence-electron chi connectivity index (χ0n) is 15.3. The zero-order chi connectivity index (χ0) is 18.1. The summed E-state index contributed by atoms with van der Waals surface area (Å²) in [6.07, 6.45) is 10.7. The number of aromatic nitrogens is 3. The first kappa shape index (κ1) is 17.0. The Morgan fingerprint density at radius 2 is 2.26 bits per heavy atom. The van der Waals surface area contributed by atoms with E-state index in [0.29, 0.717) is 6.04 Å². The summed E-state index contributed by atoms with van der Waals surface area (Å²) in [7, 11) is 0. The fourth-order valence-electron chi connectivity index (χ4n) is 4.05. The van der Waals surface area contributed by atoms with Gasteiger partial charge in [0.25, 0.3) is 0 Å². The molecule has 0 bridgehead atoms. The van der Waals surface area contributed by atoms with Gasteiger partial charge in [0.1, 0.15) is 10.6 Å². The monoisotopic (exact) mass is 380 g/mol. The molecule has 1 unspecified atom stereocenters. The third-order valence-electron chi connectivity index (χ3n) is 5.43. The van der Waals surface area contributed by atoms with Gasteiger partial charge in [-0.3, -0.25) is 15.8 Å². The molecule has 1 atom stereocenters. The van der Waals surface area contributed by atoms with Crippen LogP contribution in [-0.2, 0) is 12.8 Å². The molecule has 140 valence electrons. The quantitative estimate of drug-likeness (QED) is 0.570. The van der Waals surface area contributed by atoms with Gasteiger partial charge >= 0.3 is 0 Å². The molecule has 3 N–H and O–H groups in total. The molecular formula is C20H24N6S. The number of anilines is 1. The van der Waals surface area contributed by atoms with Crippen molar-refractivity contribution in [2.45, 2.75) is 44.6 Å². The third-order valence-corrected chi connectivity index (χ3v) is 6.62. The smallest absolute Gasteiger partial charge is 0.164 e. The molecule has 0 spiro atoms. The number of pyridine rings is 1. The predicted octanol–water partition coefficient (Wildman–Crippen LogP) is 3.30. The van der Waals surface area contributed by atoms with Crippen LogP contribution in [0, 0.1) is 0 Å². The minimum atomic E-state index is 0.591. The Morgan fingerprint density at radius 1 is 1.26 bits per heavy atom. The molecular weight excluding hydrogens is 356 g/mol. The first-order chi connectivity index (χ1) is 13.4. The SMILES string of the molecule is c1cncc(-c2nc(NCCCC3CCNN3)c3c4c(sc3n2)CCC4)c1. The number of nitrogens with one attached hydrogen (secondary N) is 3. The normalized spacial score (nSPS) is 18.9. The second kappa shape index (κ2) is 7.50. The number of hydrogen-bond donors (Lipinski definition) is 3. The average molecular weight is 381 g/mol. The summed E-state index contributed by atoms with van der Waals surface area (Å²) in [4.78, 5) is 16.6. The van der Waals surface area contributed by atoms with Gasteiger partial charge in [0.15, 0.2) is 5.82 Å².